The maximum atomic E-state index is 13.7. The Morgan fingerprint density at radius 3 is 2.70 bits per heavy atom. The number of hydrogen-bond acceptors (Lipinski definition) is 2. The molecular weight excluding hydrogens is 360 g/mol. The van der Waals surface area contributed by atoms with E-state index in [4.69, 9.17) is 0 Å². The van der Waals surface area contributed by atoms with Gasteiger partial charge in [0.2, 0.25) is 0 Å². The lowest BCUT2D eigenvalue weighted by Crippen LogP contribution is -2.38. The van der Waals surface area contributed by atoms with E-state index in [-0.39, 0.29) is 22.6 Å². The van der Waals surface area contributed by atoms with Crippen molar-refractivity contribution in [1.29, 1.82) is 0 Å². The summed E-state index contributed by atoms with van der Waals surface area (Å²) >= 11 is 0. The molecule has 1 fully saturated rings. The van der Waals surface area contributed by atoms with Crippen molar-refractivity contribution in [2.45, 2.75) is 19.0 Å². The van der Waals surface area contributed by atoms with Gasteiger partial charge in [-0.05, 0) is 67.2 Å². The normalized spacial score (nSPS) is 17.6. The SMILES string of the molecule is O=C(NCC1CCCNC1)c1cc(F)ccc1-c1cccc(C(F)(F)F)c1. The summed E-state index contributed by atoms with van der Waals surface area (Å²) in [6.07, 6.45) is -2.49. The number of amides is 1. The minimum absolute atomic E-state index is 0.0260. The van der Waals surface area contributed by atoms with Gasteiger partial charge < -0.3 is 10.6 Å². The number of benzene rings is 2. The molecule has 1 saturated heterocycles. The summed E-state index contributed by atoms with van der Waals surface area (Å²) in [6.45, 7) is 2.18. The second-order valence-electron chi connectivity index (χ2n) is 6.69. The lowest BCUT2D eigenvalue weighted by atomic mass is 9.96. The fourth-order valence-electron chi connectivity index (χ4n) is 3.25. The summed E-state index contributed by atoms with van der Waals surface area (Å²) < 4.78 is 52.7. The first kappa shape index (κ1) is 19.4. The zero-order chi connectivity index (χ0) is 19.4. The van der Waals surface area contributed by atoms with E-state index in [0.717, 1.165) is 50.2 Å². The number of carbonyl (C=O) groups is 1. The van der Waals surface area contributed by atoms with Gasteiger partial charge >= 0.3 is 6.18 Å². The summed E-state index contributed by atoms with van der Waals surface area (Å²) in [5.74, 6) is -0.823. The number of alkyl halides is 3. The smallest absolute Gasteiger partial charge is 0.352 e. The van der Waals surface area contributed by atoms with Crippen LogP contribution in [0.3, 0.4) is 0 Å². The van der Waals surface area contributed by atoms with Gasteiger partial charge in [-0.25, -0.2) is 4.39 Å². The van der Waals surface area contributed by atoms with Crippen molar-refractivity contribution in [3.05, 3.63) is 59.4 Å². The Hall–Kier alpha value is -2.41. The van der Waals surface area contributed by atoms with Crippen LogP contribution in [0.5, 0.6) is 0 Å². The van der Waals surface area contributed by atoms with Crippen LogP contribution < -0.4 is 10.6 Å². The Kier molecular flexibility index (Phi) is 5.79. The van der Waals surface area contributed by atoms with Crippen molar-refractivity contribution >= 4 is 5.91 Å². The Morgan fingerprint density at radius 2 is 2.00 bits per heavy atom. The molecule has 1 unspecified atom stereocenters. The lowest BCUT2D eigenvalue weighted by molar-refractivity contribution is -0.137. The third kappa shape index (κ3) is 4.86. The summed E-state index contributed by atoms with van der Waals surface area (Å²) in [4.78, 5) is 12.6. The standard InChI is InChI=1S/C20H20F4N2O/c21-16-6-7-17(14-4-1-5-15(9-14)20(22,23)24)18(10-16)19(27)26-12-13-3-2-8-25-11-13/h1,4-7,9-10,13,25H,2-3,8,11-12H2,(H,26,27). The van der Waals surface area contributed by atoms with Gasteiger partial charge in [0.15, 0.2) is 0 Å². The number of piperidine rings is 1. The molecule has 1 aliphatic heterocycles. The molecule has 2 aromatic rings. The van der Waals surface area contributed by atoms with Crippen LogP contribution in [0.2, 0.25) is 0 Å². The molecule has 1 heterocycles. The highest BCUT2D eigenvalue weighted by Gasteiger charge is 2.30. The van der Waals surface area contributed by atoms with Crippen LogP contribution in [0.4, 0.5) is 17.6 Å². The van der Waals surface area contributed by atoms with Gasteiger partial charge in [0.25, 0.3) is 5.91 Å². The highest BCUT2D eigenvalue weighted by molar-refractivity contribution is 6.01. The average molecular weight is 380 g/mol. The molecule has 1 atom stereocenters. The molecule has 7 heteroatoms. The summed E-state index contributed by atoms with van der Waals surface area (Å²) in [5.41, 5.74) is -0.307. The second-order valence-corrected chi connectivity index (χ2v) is 6.69. The van der Waals surface area contributed by atoms with Crippen molar-refractivity contribution < 1.29 is 22.4 Å². The van der Waals surface area contributed by atoms with E-state index in [2.05, 4.69) is 10.6 Å². The topological polar surface area (TPSA) is 41.1 Å². The molecule has 144 valence electrons. The Balaban J connectivity index is 1.86. The van der Waals surface area contributed by atoms with Gasteiger partial charge in [0, 0.05) is 6.54 Å². The van der Waals surface area contributed by atoms with Crippen LogP contribution in [0.1, 0.15) is 28.8 Å². The molecule has 0 saturated carbocycles. The molecule has 27 heavy (non-hydrogen) atoms. The number of rotatable bonds is 4. The predicted octanol–water partition coefficient (Wildman–Crippen LogP) is 4.24. The summed E-state index contributed by atoms with van der Waals surface area (Å²) in [6, 6.07) is 8.21. The third-order valence-electron chi connectivity index (χ3n) is 4.68. The van der Waals surface area contributed by atoms with Crippen molar-refractivity contribution in [3.63, 3.8) is 0 Å². The monoisotopic (exact) mass is 380 g/mol. The first-order valence-electron chi connectivity index (χ1n) is 8.80. The van der Waals surface area contributed by atoms with E-state index in [1.807, 2.05) is 0 Å². The number of halogens is 4. The molecule has 0 aromatic heterocycles. The van der Waals surface area contributed by atoms with E-state index in [1.54, 1.807) is 0 Å². The molecular formula is C20H20F4N2O. The molecule has 1 aliphatic rings. The molecule has 0 radical (unpaired) electrons. The second kappa shape index (κ2) is 8.08. The van der Waals surface area contributed by atoms with Crippen LogP contribution in [-0.4, -0.2) is 25.5 Å². The van der Waals surface area contributed by atoms with Crippen LogP contribution in [-0.2, 0) is 6.18 Å². The zero-order valence-corrected chi connectivity index (χ0v) is 14.6. The highest BCUT2D eigenvalue weighted by atomic mass is 19.4. The van der Waals surface area contributed by atoms with Gasteiger partial charge in [-0.15, -0.1) is 0 Å². The minimum atomic E-state index is -4.49. The van der Waals surface area contributed by atoms with Crippen molar-refractivity contribution in [1.82, 2.24) is 10.6 Å². The first-order valence-corrected chi connectivity index (χ1v) is 8.80. The quantitative estimate of drug-likeness (QED) is 0.779. The number of hydrogen-bond donors (Lipinski definition) is 2. The van der Waals surface area contributed by atoms with Crippen LogP contribution in [0.15, 0.2) is 42.5 Å². The van der Waals surface area contributed by atoms with E-state index >= 15 is 0 Å². The molecule has 3 rings (SSSR count). The summed E-state index contributed by atoms with van der Waals surface area (Å²) in [7, 11) is 0. The largest absolute Gasteiger partial charge is 0.416 e. The van der Waals surface area contributed by atoms with E-state index in [1.165, 1.54) is 18.2 Å². The third-order valence-corrected chi connectivity index (χ3v) is 4.68. The zero-order valence-electron chi connectivity index (χ0n) is 14.6. The van der Waals surface area contributed by atoms with Gasteiger partial charge in [-0.2, -0.15) is 13.2 Å². The van der Waals surface area contributed by atoms with Crippen molar-refractivity contribution in [2.24, 2.45) is 5.92 Å². The van der Waals surface area contributed by atoms with Crippen LogP contribution in [0.25, 0.3) is 11.1 Å². The van der Waals surface area contributed by atoms with Crippen LogP contribution >= 0.6 is 0 Å². The molecule has 0 aliphatic carbocycles. The molecule has 1 amide bonds. The Bertz CT molecular complexity index is 814. The fourth-order valence-corrected chi connectivity index (χ4v) is 3.25. The number of carbonyl (C=O) groups excluding carboxylic acids is 1. The maximum Gasteiger partial charge on any atom is 0.416 e. The Morgan fingerprint density at radius 1 is 1.19 bits per heavy atom. The van der Waals surface area contributed by atoms with Gasteiger partial charge in [0.05, 0.1) is 11.1 Å². The van der Waals surface area contributed by atoms with E-state index < -0.39 is 23.5 Å². The van der Waals surface area contributed by atoms with E-state index in [9.17, 15) is 22.4 Å². The average Bonchev–Trinajstić information content (AvgIpc) is 2.66. The minimum Gasteiger partial charge on any atom is -0.352 e. The molecule has 3 nitrogen and oxygen atoms in total. The Labute approximate surface area is 154 Å². The molecule has 0 spiro atoms. The van der Waals surface area contributed by atoms with Gasteiger partial charge in [0.1, 0.15) is 5.82 Å². The van der Waals surface area contributed by atoms with E-state index in [0.29, 0.717) is 6.54 Å². The number of nitrogens with one attached hydrogen (secondary N) is 2. The van der Waals surface area contributed by atoms with Crippen molar-refractivity contribution in [2.75, 3.05) is 19.6 Å². The molecule has 2 N–H and O–H groups in total. The molecule has 0 bridgehead atoms. The van der Waals surface area contributed by atoms with Gasteiger partial charge in [-0.3, -0.25) is 4.79 Å². The lowest BCUT2D eigenvalue weighted by Gasteiger charge is -2.23. The summed E-state index contributed by atoms with van der Waals surface area (Å²) in [5, 5.41) is 6.03. The fraction of sp³-hybridized carbons (Fsp3) is 0.350. The first-order chi connectivity index (χ1) is 12.8. The van der Waals surface area contributed by atoms with Crippen molar-refractivity contribution in [3.8, 4) is 11.1 Å². The maximum absolute atomic E-state index is 13.7. The van der Waals surface area contributed by atoms with Crippen LogP contribution in [0, 0.1) is 11.7 Å². The highest BCUT2D eigenvalue weighted by Crippen LogP contribution is 2.33. The van der Waals surface area contributed by atoms with Gasteiger partial charge in [-0.1, -0.05) is 18.2 Å². The molecule has 2 aromatic carbocycles. The predicted molar refractivity (Wildman–Crippen MR) is 94.8 cm³/mol.